The molecule has 0 fully saturated rings. The average Bonchev–Trinajstić information content (AvgIpc) is 2.60. The van der Waals surface area contributed by atoms with Crippen molar-refractivity contribution in [2.45, 2.75) is 26.4 Å². The lowest BCUT2D eigenvalue weighted by Crippen LogP contribution is -2.25. The van der Waals surface area contributed by atoms with Crippen LogP contribution in [0.5, 0.6) is 5.75 Å². The molecule has 4 heteroatoms. The van der Waals surface area contributed by atoms with E-state index >= 15 is 0 Å². The van der Waals surface area contributed by atoms with Crippen molar-refractivity contribution in [1.82, 2.24) is 5.32 Å². The van der Waals surface area contributed by atoms with E-state index in [2.05, 4.69) is 5.32 Å². The monoisotopic (exact) mass is 313 g/mol. The second-order valence-electron chi connectivity index (χ2n) is 5.36. The standard InChI is InChI=1S/C19H23NO3/c1-2-12-23-18-5-3-4-17(13-18)19(22)20-11-10-15-6-8-16(14-21)9-7-15/h3-9,13,21H,2,10-12,14H2,1H3,(H,20,22). The molecule has 1 amide bonds. The van der Waals surface area contributed by atoms with Gasteiger partial charge in [0.2, 0.25) is 0 Å². The minimum atomic E-state index is -0.0982. The van der Waals surface area contributed by atoms with Gasteiger partial charge in [0.15, 0.2) is 0 Å². The van der Waals surface area contributed by atoms with Crippen molar-refractivity contribution < 1.29 is 14.6 Å². The number of carbonyl (C=O) groups is 1. The Morgan fingerprint density at radius 1 is 1.13 bits per heavy atom. The number of hydrogen-bond donors (Lipinski definition) is 2. The Balaban J connectivity index is 1.84. The molecule has 0 aliphatic heterocycles. The lowest BCUT2D eigenvalue weighted by atomic mass is 10.1. The molecular weight excluding hydrogens is 290 g/mol. The summed E-state index contributed by atoms with van der Waals surface area (Å²) in [7, 11) is 0. The van der Waals surface area contributed by atoms with E-state index in [0.717, 1.165) is 29.7 Å². The van der Waals surface area contributed by atoms with Crippen LogP contribution in [-0.2, 0) is 13.0 Å². The van der Waals surface area contributed by atoms with Gasteiger partial charge in [-0.3, -0.25) is 4.79 Å². The van der Waals surface area contributed by atoms with Crippen molar-refractivity contribution in [3.05, 3.63) is 65.2 Å². The normalized spacial score (nSPS) is 10.3. The Hall–Kier alpha value is -2.33. The van der Waals surface area contributed by atoms with Crippen molar-refractivity contribution in [2.24, 2.45) is 0 Å². The van der Waals surface area contributed by atoms with Gasteiger partial charge >= 0.3 is 0 Å². The van der Waals surface area contributed by atoms with Gasteiger partial charge < -0.3 is 15.2 Å². The van der Waals surface area contributed by atoms with E-state index in [0.29, 0.717) is 18.7 Å². The van der Waals surface area contributed by atoms with E-state index in [1.165, 1.54) is 0 Å². The zero-order valence-electron chi connectivity index (χ0n) is 13.4. The van der Waals surface area contributed by atoms with Gasteiger partial charge in [0.25, 0.3) is 5.91 Å². The quantitative estimate of drug-likeness (QED) is 0.788. The zero-order chi connectivity index (χ0) is 16.5. The topological polar surface area (TPSA) is 58.6 Å². The van der Waals surface area contributed by atoms with Crippen LogP contribution < -0.4 is 10.1 Å². The van der Waals surface area contributed by atoms with E-state index in [4.69, 9.17) is 9.84 Å². The number of hydrogen-bond acceptors (Lipinski definition) is 3. The Morgan fingerprint density at radius 2 is 1.87 bits per heavy atom. The van der Waals surface area contributed by atoms with Gasteiger partial charge in [-0.1, -0.05) is 37.3 Å². The molecule has 0 spiro atoms. The maximum atomic E-state index is 12.2. The maximum absolute atomic E-state index is 12.2. The third-order valence-electron chi connectivity index (χ3n) is 3.47. The van der Waals surface area contributed by atoms with Crippen LogP contribution in [0.1, 0.15) is 34.8 Å². The first kappa shape index (κ1) is 17.0. The number of nitrogens with one attached hydrogen (secondary N) is 1. The van der Waals surface area contributed by atoms with Crippen LogP contribution >= 0.6 is 0 Å². The summed E-state index contributed by atoms with van der Waals surface area (Å²) in [5, 5.41) is 11.9. The van der Waals surface area contributed by atoms with E-state index in [1.54, 1.807) is 12.1 Å². The smallest absolute Gasteiger partial charge is 0.251 e. The number of aliphatic hydroxyl groups excluding tert-OH is 1. The summed E-state index contributed by atoms with van der Waals surface area (Å²) >= 11 is 0. The molecule has 2 aromatic rings. The fourth-order valence-corrected chi connectivity index (χ4v) is 2.18. The van der Waals surface area contributed by atoms with Crippen LogP contribution in [0, 0.1) is 0 Å². The first-order chi connectivity index (χ1) is 11.2. The molecule has 0 heterocycles. The molecule has 0 bridgehead atoms. The number of amides is 1. The van der Waals surface area contributed by atoms with Crippen LogP contribution in [0.2, 0.25) is 0 Å². The zero-order valence-corrected chi connectivity index (χ0v) is 13.4. The molecule has 4 nitrogen and oxygen atoms in total. The number of ether oxygens (including phenoxy) is 1. The maximum Gasteiger partial charge on any atom is 0.251 e. The molecule has 2 N–H and O–H groups in total. The Kier molecular flexibility index (Phi) is 6.63. The lowest BCUT2D eigenvalue weighted by Gasteiger charge is -2.08. The number of benzene rings is 2. The molecule has 122 valence electrons. The molecule has 0 aliphatic rings. The fraction of sp³-hybridized carbons (Fsp3) is 0.316. The highest BCUT2D eigenvalue weighted by Crippen LogP contribution is 2.13. The number of rotatable bonds is 8. The fourth-order valence-electron chi connectivity index (χ4n) is 2.18. The van der Waals surface area contributed by atoms with Crippen molar-refractivity contribution in [3.63, 3.8) is 0 Å². The first-order valence-electron chi connectivity index (χ1n) is 7.92. The highest BCUT2D eigenvalue weighted by Gasteiger charge is 2.06. The van der Waals surface area contributed by atoms with E-state index in [9.17, 15) is 4.79 Å². The van der Waals surface area contributed by atoms with Gasteiger partial charge in [-0.2, -0.15) is 0 Å². The molecule has 0 aliphatic carbocycles. The number of carbonyl (C=O) groups excluding carboxylic acids is 1. The van der Waals surface area contributed by atoms with Crippen LogP contribution in [-0.4, -0.2) is 24.2 Å². The molecule has 0 atom stereocenters. The molecule has 0 radical (unpaired) electrons. The molecule has 0 aromatic heterocycles. The molecule has 23 heavy (non-hydrogen) atoms. The highest BCUT2D eigenvalue weighted by atomic mass is 16.5. The van der Waals surface area contributed by atoms with Gasteiger partial charge in [-0.15, -0.1) is 0 Å². The lowest BCUT2D eigenvalue weighted by molar-refractivity contribution is 0.0953. The molecule has 2 rings (SSSR count). The molecule has 0 saturated heterocycles. The summed E-state index contributed by atoms with van der Waals surface area (Å²) in [4.78, 5) is 12.2. The van der Waals surface area contributed by atoms with Gasteiger partial charge in [0.05, 0.1) is 13.2 Å². The van der Waals surface area contributed by atoms with Crippen molar-refractivity contribution in [1.29, 1.82) is 0 Å². The van der Waals surface area contributed by atoms with Crippen molar-refractivity contribution in [3.8, 4) is 5.75 Å². The summed E-state index contributed by atoms with van der Waals surface area (Å²) in [6, 6.07) is 15.0. The Labute approximate surface area is 137 Å². The third kappa shape index (κ3) is 5.42. The largest absolute Gasteiger partial charge is 0.494 e. The van der Waals surface area contributed by atoms with E-state index in [-0.39, 0.29) is 12.5 Å². The first-order valence-corrected chi connectivity index (χ1v) is 7.92. The molecular formula is C19H23NO3. The summed E-state index contributed by atoms with van der Waals surface area (Å²) in [6.45, 7) is 3.31. The highest BCUT2D eigenvalue weighted by molar-refractivity contribution is 5.94. The second-order valence-corrected chi connectivity index (χ2v) is 5.36. The van der Waals surface area contributed by atoms with Gasteiger partial charge in [0, 0.05) is 12.1 Å². The van der Waals surface area contributed by atoms with Gasteiger partial charge in [-0.25, -0.2) is 0 Å². The Morgan fingerprint density at radius 3 is 2.57 bits per heavy atom. The molecule has 2 aromatic carbocycles. The van der Waals surface area contributed by atoms with Crippen LogP contribution in [0.3, 0.4) is 0 Å². The second kappa shape index (κ2) is 8.96. The summed E-state index contributed by atoms with van der Waals surface area (Å²) in [5.41, 5.74) is 2.62. The van der Waals surface area contributed by atoms with E-state index in [1.807, 2.05) is 43.3 Å². The van der Waals surface area contributed by atoms with Crippen molar-refractivity contribution >= 4 is 5.91 Å². The predicted molar refractivity (Wildman–Crippen MR) is 90.6 cm³/mol. The minimum absolute atomic E-state index is 0.0491. The minimum Gasteiger partial charge on any atom is -0.494 e. The summed E-state index contributed by atoms with van der Waals surface area (Å²) < 4.78 is 5.54. The van der Waals surface area contributed by atoms with Crippen LogP contribution in [0.15, 0.2) is 48.5 Å². The summed E-state index contributed by atoms with van der Waals surface area (Å²) in [6.07, 6.45) is 1.69. The average molecular weight is 313 g/mol. The van der Waals surface area contributed by atoms with Crippen molar-refractivity contribution in [2.75, 3.05) is 13.2 Å². The van der Waals surface area contributed by atoms with Crippen LogP contribution in [0.25, 0.3) is 0 Å². The van der Waals surface area contributed by atoms with E-state index < -0.39 is 0 Å². The molecule has 0 unspecified atom stereocenters. The molecule has 0 saturated carbocycles. The Bertz CT molecular complexity index is 623. The summed E-state index contributed by atoms with van der Waals surface area (Å²) in [5.74, 6) is 0.623. The number of aliphatic hydroxyl groups is 1. The van der Waals surface area contributed by atoms with Crippen LogP contribution in [0.4, 0.5) is 0 Å². The SMILES string of the molecule is CCCOc1cccc(C(=O)NCCc2ccc(CO)cc2)c1. The van der Waals surface area contributed by atoms with Gasteiger partial charge in [-0.05, 0) is 42.2 Å². The third-order valence-corrected chi connectivity index (χ3v) is 3.47. The van der Waals surface area contributed by atoms with Gasteiger partial charge in [0.1, 0.15) is 5.75 Å². The predicted octanol–water partition coefficient (Wildman–Crippen LogP) is 2.94.